The van der Waals surface area contributed by atoms with Gasteiger partial charge in [0.2, 0.25) is 3.83 Å². The molecule has 0 amide bonds. The highest BCUT2D eigenvalue weighted by molar-refractivity contribution is 14.1. The Kier molecular flexibility index (Phi) is 3.25. The van der Waals surface area contributed by atoms with Gasteiger partial charge in [-0.3, -0.25) is 0 Å². The standard InChI is InChI=1S/C9H5F2IN2S/c10-6-2-1-5(7(11)4-6)3-8-13-9(12)14-15-8/h1-2,4H,3H2. The summed E-state index contributed by atoms with van der Waals surface area (Å²) in [6, 6.07) is 3.55. The summed E-state index contributed by atoms with van der Waals surface area (Å²) in [5.74, 6) is -1.11. The number of halogens is 3. The van der Waals surface area contributed by atoms with Crippen molar-refractivity contribution in [2.45, 2.75) is 6.42 Å². The van der Waals surface area contributed by atoms with Crippen molar-refractivity contribution in [3.8, 4) is 0 Å². The molecular formula is C9H5F2IN2S. The van der Waals surface area contributed by atoms with E-state index in [1.807, 2.05) is 22.6 Å². The predicted octanol–water partition coefficient (Wildman–Crippen LogP) is 3.01. The molecule has 2 nitrogen and oxygen atoms in total. The molecule has 0 aliphatic carbocycles. The molecule has 0 N–H and O–H groups in total. The molecule has 0 atom stereocenters. The molecule has 0 saturated carbocycles. The van der Waals surface area contributed by atoms with Crippen LogP contribution in [0.2, 0.25) is 0 Å². The Morgan fingerprint density at radius 2 is 2.13 bits per heavy atom. The molecule has 0 spiro atoms. The lowest BCUT2D eigenvalue weighted by molar-refractivity contribution is 0.574. The Bertz CT molecular complexity index is 487. The molecule has 2 rings (SSSR count). The van der Waals surface area contributed by atoms with Crippen molar-refractivity contribution < 1.29 is 8.78 Å². The fourth-order valence-electron chi connectivity index (χ4n) is 1.13. The first-order valence-corrected chi connectivity index (χ1v) is 5.92. The van der Waals surface area contributed by atoms with Gasteiger partial charge in [0.05, 0.1) is 0 Å². The van der Waals surface area contributed by atoms with Crippen LogP contribution in [0.4, 0.5) is 8.78 Å². The summed E-state index contributed by atoms with van der Waals surface area (Å²) in [6.45, 7) is 0. The van der Waals surface area contributed by atoms with E-state index in [1.54, 1.807) is 0 Å². The van der Waals surface area contributed by atoms with Crippen LogP contribution in [0, 0.1) is 15.5 Å². The number of rotatable bonds is 2. The van der Waals surface area contributed by atoms with Crippen LogP contribution < -0.4 is 0 Å². The fraction of sp³-hybridized carbons (Fsp3) is 0.111. The first-order chi connectivity index (χ1) is 7.15. The van der Waals surface area contributed by atoms with Crippen molar-refractivity contribution in [3.05, 3.63) is 44.2 Å². The Morgan fingerprint density at radius 1 is 1.33 bits per heavy atom. The highest BCUT2D eigenvalue weighted by Gasteiger charge is 2.08. The highest BCUT2D eigenvalue weighted by atomic mass is 127. The van der Waals surface area contributed by atoms with E-state index in [9.17, 15) is 8.78 Å². The Balaban J connectivity index is 2.24. The second-order valence-electron chi connectivity index (χ2n) is 2.87. The summed E-state index contributed by atoms with van der Waals surface area (Å²) in [4.78, 5) is 4.10. The molecule has 0 radical (unpaired) electrons. The molecule has 1 aromatic heterocycles. The van der Waals surface area contributed by atoms with Gasteiger partial charge < -0.3 is 0 Å². The second kappa shape index (κ2) is 4.48. The number of nitrogens with zero attached hydrogens (tertiary/aromatic N) is 2. The lowest BCUT2D eigenvalue weighted by Gasteiger charge is -1.99. The molecule has 6 heteroatoms. The van der Waals surface area contributed by atoms with Gasteiger partial charge in [-0.05, 0) is 23.2 Å². The van der Waals surface area contributed by atoms with Gasteiger partial charge in [-0.2, -0.15) is 4.37 Å². The van der Waals surface area contributed by atoms with Gasteiger partial charge >= 0.3 is 0 Å². The first-order valence-electron chi connectivity index (χ1n) is 4.07. The predicted molar refractivity (Wildman–Crippen MR) is 61.8 cm³/mol. The smallest absolute Gasteiger partial charge is 0.203 e. The first kappa shape index (κ1) is 10.9. The van der Waals surface area contributed by atoms with E-state index in [2.05, 4.69) is 9.36 Å². The van der Waals surface area contributed by atoms with Crippen molar-refractivity contribution in [3.63, 3.8) is 0 Å². The molecule has 15 heavy (non-hydrogen) atoms. The lowest BCUT2D eigenvalue weighted by atomic mass is 10.1. The summed E-state index contributed by atoms with van der Waals surface area (Å²) >= 11 is 3.22. The summed E-state index contributed by atoms with van der Waals surface area (Å²) in [5, 5.41) is 0.727. The van der Waals surface area contributed by atoms with E-state index in [-0.39, 0.29) is 0 Å². The highest BCUT2D eigenvalue weighted by Crippen LogP contribution is 2.16. The van der Waals surface area contributed by atoms with E-state index in [0.717, 1.165) is 11.1 Å². The zero-order valence-corrected chi connectivity index (χ0v) is 10.3. The van der Waals surface area contributed by atoms with Gasteiger partial charge in [-0.1, -0.05) is 6.07 Å². The van der Waals surface area contributed by atoms with Crippen molar-refractivity contribution in [2.75, 3.05) is 0 Å². The van der Waals surface area contributed by atoms with Gasteiger partial charge in [0, 0.05) is 35.1 Å². The van der Waals surface area contributed by atoms with Crippen LogP contribution in [0.3, 0.4) is 0 Å². The minimum absolute atomic E-state index is 0.354. The Morgan fingerprint density at radius 3 is 2.73 bits per heavy atom. The van der Waals surface area contributed by atoms with Crippen LogP contribution in [0.25, 0.3) is 0 Å². The van der Waals surface area contributed by atoms with Crippen LogP contribution in [0.15, 0.2) is 18.2 Å². The molecule has 0 saturated heterocycles. The van der Waals surface area contributed by atoms with Crippen LogP contribution in [0.5, 0.6) is 0 Å². The van der Waals surface area contributed by atoms with Crippen molar-refractivity contribution >= 4 is 34.1 Å². The van der Waals surface area contributed by atoms with Crippen LogP contribution in [-0.4, -0.2) is 9.36 Å². The molecule has 0 fully saturated rings. The molecule has 1 heterocycles. The van der Waals surface area contributed by atoms with Crippen LogP contribution >= 0.6 is 34.1 Å². The van der Waals surface area contributed by atoms with E-state index >= 15 is 0 Å². The maximum Gasteiger partial charge on any atom is 0.203 e. The normalized spacial score (nSPS) is 10.6. The number of aromatic nitrogens is 2. The molecule has 0 aliphatic heterocycles. The monoisotopic (exact) mass is 338 g/mol. The summed E-state index contributed by atoms with van der Waals surface area (Å²) in [6.07, 6.45) is 0.354. The quantitative estimate of drug-likeness (QED) is 0.787. The summed E-state index contributed by atoms with van der Waals surface area (Å²) < 4.78 is 30.5. The third-order valence-corrected chi connectivity index (χ3v) is 3.32. The topological polar surface area (TPSA) is 25.8 Å². The molecule has 0 aliphatic rings. The fourth-order valence-corrected chi connectivity index (χ4v) is 2.45. The maximum atomic E-state index is 13.3. The van der Waals surface area contributed by atoms with E-state index in [4.69, 9.17) is 0 Å². The molecule has 1 aromatic carbocycles. The minimum atomic E-state index is -0.567. The third-order valence-electron chi connectivity index (χ3n) is 1.80. The van der Waals surface area contributed by atoms with Gasteiger partial charge in [0.25, 0.3) is 0 Å². The maximum absolute atomic E-state index is 13.3. The van der Waals surface area contributed by atoms with Crippen molar-refractivity contribution in [1.29, 1.82) is 0 Å². The summed E-state index contributed by atoms with van der Waals surface area (Å²) in [5.41, 5.74) is 0.434. The average Bonchev–Trinajstić information content (AvgIpc) is 2.56. The minimum Gasteiger partial charge on any atom is -0.214 e. The van der Waals surface area contributed by atoms with Crippen molar-refractivity contribution in [2.24, 2.45) is 0 Å². The Labute approximate surface area is 103 Å². The van der Waals surface area contributed by atoms with Gasteiger partial charge in [0.15, 0.2) is 0 Å². The molecule has 2 aromatic rings. The van der Waals surface area contributed by atoms with Crippen LogP contribution in [-0.2, 0) is 6.42 Å². The zero-order valence-electron chi connectivity index (χ0n) is 7.38. The summed E-state index contributed by atoms with van der Waals surface area (Å²) in [7, 11) is 0. The SMILES string of the molecule is Fc1ccc(Cc2nc(I)ns2)c(F)c1. The van der Waals surface area contributed by atoms with Gasteiger partial charge in [0.1, 0.15) is 16.6 Å². The van der Waals surface area contributed by atoms with E-state index < -0.39 is 11.6 Å². The average molecular weight is 338 g/mol. The van der Waals surface area contributed by atoms with Gasteiger partial charge in [-0.25, -0.2) is 13.8 Å². The van der Waals surface area contributed by atoms with E-state index in [1.165, 1.54) is 23.7 Å². The molecule has 0 unspecified atom stereocenters. The second-order valence-corrected chi connectivity index (χ2v) is 4.67. The third kappa shape index (κ3) is 2.69. The zero-order chi connectivity index (χ0) is 10.8. The van der Waals surface area contributed by atoms with Crippen molar-refractivity contribution in [1.82, 2.24) is 9.36 Å². The number of hydrogen-bond donors (Lipinski definition) is 0. The molecule has 0 bridgehead atoms. The largest absolute Gasteiger partial charge is 0.214 e. The number of hydrogen-bond acceptors (Lipinski definition) is 3. The Hall–Kier alpha value is -0.630. The molecular weight excluding hydrogens is 333 g/mol. The van der Waals surface area contributed by atoms with Gasteiger partial charge in [-0.15, -0.1) is 0 Å². The number of benzene rings is 1. The van der Waals surface area contributed by atoms with E-state index in [0.29, 0.717) is 15.8 Å². The molecule has 78 valence electrons. The lowest BCUT2D eigenvalue weighted by Crippen LogP contribution is -1.93. The van der Waals surface area contributed by atoms with Crippen LogP contribution in [0.1, 0.15) is 10.6 Å².